The molecule has 5 rings (SSSR count). The quantitative estimate of drug-likeness (QED) is 0.0912. The molecule has 0 aliphatic heterocycles. The van der Waals surface area contributed by atoms with Crippen LogP contribution in [-0.4, -0.2) is 22.9 Å². The summed E-state index contributed by atoms with van der Waals surface area (Å²) in [6.07, 6.45) is 5.13. The molecule has 0 aliphatic carbocycles. The highest BCUT2D eigenvalue weighted by atomic mass is 28.4. The molecule has 224 valence electrons. The summed E-state index contributed by atoms with van der Waals surface area (Å²) < 4.78 is 14.6. The minimum atomic E-state index is -2.74. The number of carbonyl (C=O) groups is 1. The van der Waals surface area contributed by atoms with Crippen LogP contribution in [0.25, 0.3) is 0 Å². The maximum atomic E-state index is 12.4. The molecule has 0 fully saturated rings. The van der Waals surface area contributed by atoms with Crippen molar-refractivity contribution in [1.82, 2.24) is 0 Å². The van der Waals surface area contributed by atoms with Crippen LogP contribution in [-0.2, 0) is 0 Å². The van der Waals surface area contributed by atoms with Gasteiger partial charge in [-0.15, -0.1) is 0 Å². The van der Waals surface area contributed by atoms with Gasteiger partial charge in [-0.3, -0.25) is 4.79 Å². The van der Waals surface area contributed by atoms with Crippen molar-refractivity contribution in [1.29, 1.82) is 0 Å². The molecule has 0 amide bonds. The van der Waals surface area contributed by atoms with Crippen LogP contribution in [0.4, 0.5) is 0 Å². The largest absolute Gasteiger partial charge is 0.534 e. The van der Waals surface area contributed by atoms with Crippen molar-refractivity contribution in [3.63, 3.8) is 0 Å². The molecule has 5 aromatic rings. The summed E-state index contributed by atoms with van der Waals surface area (Å²) >= 11 is 0. The molecule has 0 saturated carbocycles. The highest BCUT2D eigenvalue weighted by Gasteiger charge is 2.43. The second-order valence-corrected chi connectivity index (χ2v) is 18.4. The molecule has 0 aromatic heterocycles. The van der Waals surface area contributed by atoms with E-state index < -0.39 is 16.6 Å². The summed E-state index contributed by atoms with van der Waals surface area (Å²) in [5.41, 5.74) is 0.552. The van der Waals surface area contributed by atoms with Crippen LogP contribution in [0.2, 0.25) is 12.1 Å². The van der Waals surface area contributed by atoms with Crippen molar-refractivity contribution in [2.45, 2.75) is 51.6 Å². The molecule has 0 aliphatic rings. The first kappa shape index (κ1) is 31.2. The van der Waals surface area contributed by atoms with E-state index in [0.29, 0.717) is 17.1 Å². The Bertz CT molecular complexity index is 1400. The average Bonchev–Trinajstić information content (AvgIpc) is 3.10. The summed E-state index contributed by atoms with van der Waals surface area (Å²) in [7, 11) is -5.47. The van der Waals surface area contributed by atoms with Gasteiger partial charge in [-0.1, -0.05) is 161 Å². The molecule has 0 radical (unpaired) electrons. The fraction of sp³-hybridized carbons (Fsp3) is 0.205. The Morgan fingerprint density at radius 2 is 0.818 bits per heavy atom. The van der Waals surface area contributed by atoms with E-state index in [1.165, 1.54) is 20.7 Å². The minimum Gasteiger partial charge on any atom is -0.534 e. The molecule has 0 unspecified atom stereocenters. The Hall–Kier alpha value is -4.20. The summed E-state index contributed by atoms with van der Waals surface area (Å²) in [5, 5.41) is 4.88. The zero-order valence-corrected chi connectivity index (χ0v) is 27.8. The molecule has 0 spiro atoms. The van der Waals surface area contributed by atoms with Crippen molar-refractivity contribution in [2.24, 2.45) is 0 Å². The molecule has 3 nitrogen and oxygen atoms in total. The summed E-state index contributed by atoms with van der Waals surface area (Å²) in [5.74, 6) is 1.36. The normalized spacial score (nSPS) is 11.6. The first-order valence-corrected chi connectivity index (χ1v) is 20.1. The zero-order chi connectivity index (χ0) is 30.7. The zero-order valence-electron chi connectivity index (χ0n) is 25.8. The van der Waals surface area contributed by atoms with Gasteiger partial charge >= 0.3 is 16.6 Å². The number of benzene rings is 5. The second kappa shape index (κ2) is 15.0. The van der Waals surface area contributed by atoms with Crippen molar-refractivity contribution in [3.8, 4) is 11.5 Å². The van der Waals surface area contributed by atoms with Crippen molar-refractivity contribution in [2.75, 3.05) is 0 Å². The maximum absolute atomic E-state index is 12.4. The fourth-order valence-electron chi connectivity index (χ4n) is 6.11. The maximum Gasteiger partial charge on any atom is 0.314 e. The van der Waals surface area contributed by atoms with Gasteiger partial charge in [-0.2, -0.15) is 0 Å². The Balaban J connectivity index is 1.65. The van der Waals surface area contributed by atoms with Crippen molar-refractivity contribution in [3.05, 3.63) is 145 Å². The number of rotatable bonds is 15. The number of unbranched alkanes of at least 4 members (excludes halogenated alkanes) is 2. The fourth-order valence-corrected chi connectivity index (χ4v) is 14.3. The van der Waals surface area contributed by atoms with E-state index in [0.717, 1.165) is 44.1 Å². The number of hydrogen-bond acceptors (Lipinski definition) is 3. The van der Waals surface area contributed by atoms with Gasteiger partial charge in [0.1, 0.15) is 17.8 Å². The first-order chi connectivity index (χ1) is 21.6. The second-order valence-electron chi connectivity index (χ2n) is 11.4. The van der Waals surface area contributed by atoms with Crippen LogP contribution in [0.1, 0.15) is 49.9 Å². The Kier molecular flexibility index (Phi) is 10.6. The summed E-state index contributed by atoms with van der Waals surface area (Å²) in [4.78, 5) is 12.4. The summed E-state index contributed by atoms with van der Waals surface area (Å²) in [6, 6.07) is 50.2. The predicted molar refractivity (Wildman–Crippen MR) is 188 cm³/mol. The highest BCUT2D eigenvalue weighted by molar-refractivity contribution is 6.98. The monoisotopic (exact) mass is 614 g/mol. The van der Waals surface area contributed by atoms with Gasteiger partial charge < -0.3 is 8.85 Å². The minimum absolute atomic E-state index is 0.552. The number of hydrogen-bond donors (Lipinski definition) is 0. The van der Waals surface area contributed by atoms with E-state index in [9.17, 15) is 4.79 Å². The van der Waals surface area contributed by atoms with E-state index >= 15 is 0 Å². The highest BCUT2D eigenvalue weighted by Crippen LogP contribution is 2.30. The van der Waals surface area contributed by atoms with Crippen LogP contribution in [0.3, 0.4) is 0 Å². The predicted octanol–water partition coefficient (Wildman–Crippen LogP) is 7.38. The van der Waals surface area contributed by atoms with Crippen LogP contribution >= 0.6 is 0 Å². The van der Waals surface area contributed by atoms with E-state index in [2.05, 4.69) is 135 Å². The molecule has 0 saturated heterocycles. The van der Waals surface area contributed by atoms with Gasteiger partial charge in [0.05, 0.1) is 0 Å². The van der Waals surface area contributed by atoms with Gasteiger partial charge in [0.2, 0.25) is 0 Å². The van der Waals surface area contributed by atoms with Crippen LogP contribution < -0.4 is 29.6 Å². The molecule has 0 atom stereocenters. The average molecular weight is 615 g/mol. The van der Waals surface area contributed by atoms with E-state index in [-0.39, 0.29) is 0 Å². The van der Waals surface area contributed by atoms with Gasteiger partial charge in [0.25, 0.3) is 0 Å². The Morgan fingerprint density at radius 1 is 0.500 bits per heavy atom. The van der Waals surface area contributed by atoms with Gasteiger partial charge in [0.15, 0.2) is 0 Å². The molecule has 44 heavy (non-hydrogen) atoms. The van der Waals surface area contributed by atoms with E-state index in [1.807, 2.05) is 18.2 Å². The molecular formula is C39H42O3Si2. The number of carbonyl (C=O) groups excluding carboxylic acids is 1. The van der Waals surface area contributed by atoms with Gasteiger partial charge in [0, 0.05) is 11.6 Å². The smallest absolute Gasteiger partial charge is 0.314 e. The standard InChI is InChI=1S/C39H42O3Si2/c1-3-5-27-43(36-19-11-7-12-20-36,37-21-13-8-14-22-37)41-34-29-33(32-40)30-35(31-34)42-44(28-6-4-2,38-23-15-9-16-24-38)39-25-17-10-18-26-39/h7-26,29-32H,3-6,27-28H2,1-2H3. The van der Waals surface area contributed by atoms with Crippen molar-refractivity contribution >= 4 is 43.7 Å². The van der Waals surface area contributed by atoms with E-state index in [1.54, 1.807) is 0 Å². The lowest BCUT2D eigenvalue weighted by atomic mass is 10.2. The lowest BCUT2D eigenvalue weighted by Gasteiger charge is -2.35. The van der Waals surface area contributed by atoms with Crippen LogP contribution in [0.15, 0.2) is 140 Å². The van der Waals surface area contributed by atoms with Gasteiger partial charge in [-0.05, 0) is 45.0 Å². The third-order valence-electron chi connectivity index (χ3n) is 8.35. The Labute approximate surface area is 264 Å². The van der Waals surface area contributed by atoms with E-state index in [4.69, 9.17) is 8.85 Å². The SMILES string of the molecule is CCCC[Si](Oc1cc(C=O)cc(O[Si](CCCC)(c2ccccc2)c2ccccc2)c1)(c1ccccc1)c1ccccc1. The lowest BCUT2D eigenvalue weighted by molar-refractivity contribution is 0.112. The lowest BCUT2D eigenvalue weighted by Crippen LogP contribution is -2.63. The topological polar surface area (TPSA) is 35.5 Å². The first-order valence-electron chi connectivity index (χ1n) is 15.8. The third-order valence-corrected chi connectivity index (χ3v) is 16.7. The molecular weight excluding hydrogens is 573 g/mol. The number of aldehydes is 1. The Morgan fingerprint density at radius 3 is 1.09 bits per heavy atom. The molecule has 0 heterocycles. The van der Waals surface area contributed by atoms with Crippen LogP contribution in [0.5, 0.6) is 11.5 Å². The van der Waals surface area contributed by atoms with Gasteiger partial charge in [-0.25, -0.2) is 0 Å². The molecule has 0 bridgehead atoms. The third kappa shape index (κ3) is 6.96. The molecule has 0 N–H and O–H groups in total. The summed E-state index contributed by atoms with van der Waals surface area (Å²) in [6.45, 7) is 4.45. The van der Waals surface area contributed by atoms with Crippen LogP contribution in [0, 0.1) is 0 Å². The molecule has 5 aromatic carbocycles. The molecule has 5 heteroatoms. The van der Waals surface area contributed by atoms with Crippen molar-refractivity contribution < 1.29 is 13.6 Å².